The lowest BCUT2D eigenvalue weighted by molar-refractivity contribution is 0.0880. The van der Waals surface area contributed by atoms with Crippen molar-refractivity contribution in [3.63, 3.8) is 0 Å². The van der Waals surface area contributed by atoms with E-state index in [0.717, 1.165) is 5.76 Å². The summed E-state index contributed by atoms with van der Waals surface area (Å²) in [6, 6.07) is 6.25. The van der Waals surface area contributed by atoms with Crippen LogP contribution in [0.5, 0.6) is 0 Å². The third-order valence-corrected chi connectivity index (χ3v) is 5.56. The number of carbonyl (C=O) groups is 2. The topological polar surface area (TPSA) is 118 Å². The molecule has 166 valence electrons. The molecular formula is C23H22ClN3O5. The molecule has 0 spiro atoms. The smallest absolute Gasteiger partial charge is 0.261 e. The number of rotatable bonds is 6. The Morgan fingerprint density at radius 2 is 1.62 bits per heavy atom. The molecule has 3 N–H and O–H groups in total. The van der Waals surface area contributed by atoms with Crippen molar-refractivity contribution in [1.29, 1.82) is 0 Å². The van der Waals surface area contributed by atoms with E-state index in [-0.39, 0.29) is 44.7 Å². The molecule has 8 nitrogen and oxygen atoms in total. The van der Waals surface area contributed by atoms with E-state index in [4.69, 9.17) is 16.0 Å². The minimum Gasteiger partial charge on any atom is -0.464 e. The Labute approximate surface area is 188 Å². The van der Waals surface area contributed by atoms with Gasteiger partial charge in [-0.25, -0.2) is 0 Å². The number of anilines is 3. The average molecular weight is 456 g/mol. The van der Waals surface area contributed by atoms with Crippen molar-refractivity contribution in [2.45, 2.75) is 40.2 Å². The van der Waals surface area contributed by atoms with Crippen LogP contribution < -0.4 is 26.8 Å². The Hall–Kier alpha value is -3.39. The summed E-state index contributed by atoms with van der Waals surface area (Å²) < 4.78 is 5.77. The van der Waals surface area contributed by atoms with Gasteiger partial charge < -0.3 is 15.1 Å². The van der Waals surface area contributed by atoms with Gasteiger partial charge in [-0.15, -0.1) is 0 Å². The highest BCUT2D eigenvalue weighted by atomic mass is 35.5. The van der Waals surface area contributed by atoms with Gasteiger partial charge in [0, 0.05) is 0 Å². The minimum absolute atomic E-state index is 0.0221. The fraction of sp³-hybridized carbons (Fsp3) is 0.304. The van der Waals surface area contributed by atoms with E-state index in [1.807, 2.05) is 19.1 Å². The van der Waals surface area contributed by atoms with Gasteiger partial charge in [-0.05, 0) is 43.0 Å². The Morgan fingerprint density at radius 3 is 2.25 bits per heavy atom. The van der Waals surface area contributed by atoms with Crippen LogP contribution in [0.2, 0.25) is 5.02 Å². The standard InChI is InChI=1S/C23H22ClN3O5/c1-10-5-8-14(32-10)13(9-23(2,3)4)26-18-17(19(28)20(18)29)25-12-7-6-11(24)15-16(12)22(31)27-21(15)30/h5-8,13,25-26H,9H2,1-4H3,(H,27,30,31)/t13-/m1/s1. The summed E-state index contributed by atoms with van der Waals surface area (Å²) in [6.07, 6.45) is 0.630. The molecule has 2 aromatic carbocycles. The van der Waals surface area contributed by atoms with Crippen LogP contribution in [0.1, 0.15) is 65.5 Å². The molecule has 32 heavy (non-hydrogen) atoms. The van der Waals surface area contributed by atoms with Crippen molar-refractivity contribution in [2.75, 3.05) is 10.6 Å². The number of halogens is 1. The number of imide groups is 1. The molecule has 3 aromatic rings. The Balaban J connectivity index is 1.70. The monoisotopic (exact) mass is 455 g/mol. The molecule has 9 heteroatoms. The van der Waals surface area contributed by atoms with E-state index in [9.17, 15) is 19.2 Å². The third kappa shape index (κ3) is 3.82. The molecule has 0 aliphatic carbocycles. The number of carbonyl (C=O) groups excluding carboxylic acids is 2. The summed E-state index contributed by atoms with van der Waals surface area (Å²) in [7, 11) is 0. The molecule has 0 radical (unpaired) electrons. The molecule has 1 atom stereocenters. The molecule has 1 aliphatic heterocycles. The van der Waals surface area contributed by atoms with Crippen molar-refractivity contribution in [1.82, 2.24) is 5.32 Å². The van der Waals surface area contributed by atoms with Gasteiger partial charge >= 0.3 is 0 Å². The summed E-state index contributed by atoms with van der Waals surface area (Å²) in [5, 5.41) is 8.31. The third-order valence-electron chi connectivity index (χ3n) is 5.25. The summed E-state index contributed by atoms with van der Waals surface area (Å²) in [5.74, 6) is 0.144. The maximum absolute atomic E-state index is 12.4. The lowest BCUT2D eigenvalue weighted by atomic mass is 9.87. The van der Waals surface area contributed by atoms with Gasteiger partial charge in [0.05, 0.1) is 27.9 Å². The van der Waals surface area contributed by atoms with E-state index in [1.165, 1.54) is 12.1 Å². The zero-order valence-electron chi connectivity index (χ0n) is 18.0. The highest BCUT2D eigenvalue weighted by Crippen LogP contribution is 2.36. The quantitative estimate of drug-likeness (QED) is 0.379. The number of nitrogens with one attached hydrogen (secondary N) is 3. The maximum atomic E-state index is 12.4. The van der Waals surface area contributed by atoms with Crippen LogP contribution >= 0.6 is 11.6 Å². The van der Waals surface area contributed by atoms with E-state index in [2.05, 4.69) is 36.7 Å². The number of furan rings is 1. The van der Waals surface area contributed by atoms with Crippen LogP contribution in [0.3, 0.4) is 0 Å². The Kier molecular flexibility index (Phi) is 5.21. The second-order valence-electron chi connectivity index (χ2n) is 9.07. The number of benzene rings is 1. The second kappa shape index (κ2) is 7.63. The van der Waals surface area contributed by atoms with Crippen molar-refractivity contribution in [3.8, 4) is 0 Å². The predicted molar refractivity (Wildman–Crippen MR) is 122 cm³/mol. The fourth-order valence-corrected chi connectivity index (χ4v) is 4.04. The Bertz CT molecular complexity index is 1320. The lowest BCUT2D eigenvalue weighted by Crippen LogP contribution is -2.38. The molecule has 0 bridgehead atoms. The van der Waals surface area contributed by atoms with Gasteiger partial charge in [0.15, 0.2) is 0 Å². The molecule has 4 rings (SSSR count). The summed E-state index contributed by atoms with van der Waals surface area (Å²) >= 11 is 6.07. The van der Waals surface area contributed by atoms with Gasteiger partial charge in [0.2, 0.25) is 0 Å². The van der Waals surface area contributed by atoms with Gasteiger partial charge in [0.1, 0.15) is 22.9 Å². The number of hydrogen-bond donors (Lipinski definition) is 3. The van der Waals surface area contributed by atoms with Crippen LogP contribution in [-0.4, -0.2) is 11.8 Å². The summed E-state index contributed by atoms with van der Waals surface area (Å²) in [6.45, 7) is 8.01. The van der Waals surface area contributed by atoms with Crippen LogP contribution in [0, 0.1) is 12.3 Å². The molecule has 2 heterocycles. The zero-order valence-corrected chi connectivity index (χ0v) is 18.8. The van der Waals surface area contributed by atoms with E-state index < -0.39 is 22.7 Å². The van der Waals surface area contributed by atoms with Crippen molar-refractivity contribution in [2.24, 2.45) is 5.41 Å². The summed E-state index contributed by atoms with van der Waals surface area (Å²) in [4.78, 5) is 49.1. The molecule has 1 aliphatic rings. The maximum Gasteiger partial charge on any atom is 0.261 e. The van der Waals surface area contributed by atoms with Gasteiger partial charge in [0.25, 0.3) is 22.7 Å². The largest absolute Gasteiger partial charge is 0.464 e. The molecular weight excluding hydrogens is 434 g/mol. The molecule has 0 fully saturated rings. The molecule has 0 unspecified atom stereocenters. The predicted octanol–water partition coefficient (Wildman–Crippen LogP) is 4.05. The second-order valence-corrected chi connectivity index (χ2v) is 9.48. The van der Waals surface area contributed by atoms with Crippen LogP contribution in [0.25, 0.3) is 0 Å². The number of hydrogen-bond acceptors (Lipinski definition) is 7. The minimum atomic E-state index is -0.717. The molecule has 0 saturated heterocycles. The van der Waals surface area contributed by atoms with Crippen molar-refractivity contribution in [3.05, 3.63) is 72.4 Å². The van der Waals surface area contributed by atoms with Crippen molar-refractivity contribution < 1.29 is 14.0 Å². The first kappa shape index (κ1) is 21.8. The molecule has 0 saturated carbocycles. The highest BCUT2D eigenvalue weighted by Gasteiger charge is 2.34. The summed E-state index contributed by atoms with van der Waals surface area (Å²) in [5.41, 5.74) is -1.07. The number of amides is 2. The SMILES string of the molecule is Cc1ccc([C@@H](CC(C)(C)C)Nc2c(Nc3ccc(Cl)c4c3C(=O)NC4=O)c(=O)c2=O)o1. The van der Waals surface area contributed by atoms with Gasteiger partial charge in [-0.1, -0.05) is 32.4 Å². The fourth-order valence-electron chi connectivity index (χ4n) is 3.80. The first-order chi connectivity index (χ1) is 15.0. The van der Waals surface area contributed by atoms with Crippen molar-refractivity contribution >= 4 is 40.5 Å². The van der Waals surface area contributed by atoms with E-state index >= 15 is 0 Å². The molecule has 1 aromatic heterocycles. The zero-order chi connectivity index (χ0) is 23.4. The normalized spacial score (nSPS) is 14.4. The Morgan fingerprint density at radius 1 is 0.969 bits per heavy atom. The first-order valence-corrected chi connectivity index (χ1v) is 10.5. The lowest BCUT2D eigenvalue weighted by Gasteiger charge is -2.27. The van der Waals surface area contributed by atoms with E-state index in [1.54, 1.807) is 0 Å². The van der Waals surface area contributed by atoms with Crippen LogP contribution in [-0.2, 0) is 0 Å². The van der Waals surface area contributed by atoms with E-state index in [0.29, 0.717) is 12.2 Å². The average Bonchev–Trinajstić information content (AvgIpc) is 3.27. The number of aryl methyl sites for hydroxylation is 1. The molecule has 2 amide bonds. The first-order valence-electron chi connectivity index (χ1n) is 10.1. The van der Waals surface area contributed by atoms with Crippen LogP contribution in [0.4, 0.5) is 17.1 Å². The van der Waals surface area contributed by atoms with Crippen LogP contribution in [0.15, 0.2) is 38.3 Å². The van der Waals surface area contributed by atoms with Gasteiger partial charge in [-0.2, -0.15) is 0 Å². The number of fused-ring (bicyclic) bond motifs is 1. The van der Waals surface area contributed by atoms with Gasteiger partial charge in [-0.3, -0.25) is 24.5 Å². The highest BCUT2D eigenvalue weighted by molar-refractivity contribution is 6.38.